The van der Waals surface area contributed by atoms with E-state index in [4.69, 9.17) is 11.6 Å². The Kier molecular flexibility index (Phi) is 10.3. The molecular weight excluding hydrogens is 599 g/mol. The van der Waals surface area contributed by atoms with Gasteiger partial charge in [-0.15, -0.1) is 11.8 Å². The highest BCUT2D eigenvalue weighted by Crippen LogP contribution is 2.36. The van der Waals surface area contributed by atoms with Crippen molar-refractivity contribution in [2.45, 2.75) is 18.0 Å². The summed E-state index contributed by atoms with van der Waals surface area (Å²) in [5.74, 6) is -1.88. The summed E-state index contributed by atoms with van der Waals surface area (Å²) in [4.78, 5) is 39.2. The average molecular weight is 624 g/mol. The van der Waals surface area contributed by atoms with Crippen LogP contribution in [0.5, 0.6) is 0 Å². The lowest BCUT2D eigenvalue weighted by Crippen LogP contribution is -2.30. The number of amides is 3. The lowest BCUT2D eigenvalue weighted by molar-refractivity contribution is -0.137. The first-order valence-corrected chi connectivity index (χ1v) is 14.2. The minimum absolute atomic E-state index is 0.0142. The number of hydrogen-bond acceptors (Lipinski definition) is 4. The number of nitrogens with one attached hydrogen (secondary N) is 3. The lowest BCUT2D eigenvalue weighted by atomic mass is 10.1. The van der Waals surface area contributed by atoms with Crippen molar-refractivity contribution in [2.75, 3.05) is 16.4 Å². The maximum Gasteiger partial charge on any atom is 0.418 e. The molecule has 0 fully saturated rings. The molecule has 0 unspecified atom stereocenters. The van der Waals surface area contributed by atoms with E-state index >= 15 is 0 Å². The molecule has 0 heterocycles. The van der Waals surface area contributed by atoms with Crippen molar-refractivity contribution in [1.29, 1.82) is 0 Å². The Bertz CT molecular complexity index is 1680. The molecule has 0 saturated heterocycles. The average Bonchev–Trinajstić information content (AvgIpc) is 2.97. The van der Waals surface area contributed by atoms with Crippen molar-refractivity contribution in [2.24, 2.45) is 0 Å². The molecule has 4 aromatic rings. The number of hydrogen-bond donors (Lipinski definition) is 3. The molecule has 43 heavy (non-hydrogen) atoms. The standard InChI is InChI=1S/C32H25ClF3N3O3S/c1-20-7-5-8-21(15-20)16-28(39-30(41)22-9-3-2-4-10-22)31(42)37-24-11-6-12-25(18-24)43-19-29(40)38-27-14-13-23(33)17-26(27)32(34,35)36/h2-18H,19H2,1H3,(H,37,42)(H,38,40)(H,39,41)/b28-16+. The summed E-state index contributed by atoms with van der Waals surface area (Å²) in [5, 5.41) is 7.62. The molecule has 4 rings (SSSR count). The highest BCUT2D eigenvalue weighted by atomic mass is 35.5. The molecule has 0 saturated carbocycles. The van der Waals surface area contributed by atoms with Crippen molar-refractivity contribution >= 4 is 58.5 Å². The Morgan fingerprint density at radius 1 is 0.860 bits per heavy atom. The van der Waals surface area contributed by atoms with Gasteiger partial charge in [-0.1, -0.05) is 65.7 Å². The van der Waals surface area contributed by atoms with E-state index in [-0.39, 0.29) is 16.5 Å². The van der Waals surface area contributed by atoms with Gasteiger partial charge in [-0.25, -0.2) is 0 Å². The summed E-state index contributed by atoms with van der Waals surface area (Å²) < 4.78 is 40.1. The van der Waals surface area contributed by atoms with E-state index in [9.17, 15) is 27.6 Å². The highest BCUT2D eigenvalue weighted by Gasteiger charge is 2.34. The van der Waals surface area contributed by atoms with E-state index < -0.39 is 35.1 Å². The summed E-state index contributed by atoms with van der Waals surface area (Å²) >= 11 is 6.77. The lowest BCUT2D eigenvalue weighted by Gasteiger charge is -2.14. The zero-order chi connectivity index (χ0) is 31.0. The van der Waals surface area contributed by atoms with Crippen LogP contribution in [-0.2, 0) is 15.8 Å². The summed E-state index contributed by atoms with van der Waals surface area (Å²) in [7, 11) is 0. The molecule has 11 heteroatoms. The number of alkyl halides is 3. The molecule has 4 aromatic carbocycles. The third-order valence-electron chi connectivity index (χ3n) is 5.90. The molecule has 0 aromatic heterocycles. The summed E-state index contributed by atoms with van der Waals surface area (Å²) in [5.41, 5.74) is 1.02. The summed E-state index contributed by atoms with van der Waals surface area (Å²) in [6.45, 7) is 1.91. The molecule has 3 amide bonds. The van der Waals surface area contributed by atoms with Crippen molar-refractivity contribution in [3.05, 3.63) is 130 Å². The fourth-order valence-corrected chi connectivity index (χ4v) is 4.85. The molecule has 0 spiro atoms. The van der Waals surface area contributed by atoms with Crippen LogP contribution in [0.2, 0.25) is 5.02 Å². The molecule has 0 radical (unpaired) electrons. The van der Waals surface area contributed by atoms with Crippen LogP contribution in [0.3, 0.4) is 0 Å². The Labute approximate surface area is 255 Å². The van der Waals surface area contributed by atoms with Gasteiger partial charge in [0, 0.05) is 21.2 Å². The van der Waals surface area contributed by atoms with Gasteiger partial charge in [0.05, 0.1) is 17.0 Å². The predicted molar refractivity (Wildman–Crippen MR) is 164 cm³/mol. The first-order chi connectivity index (χ1) is 20.5. The van der Waals surface area contributed by atoms with E-state index in [1.807, 2.05) is 25.1 Å². The second-order valence-corrected chi connectivity index (χ2v) is 10.8. The number of carbonyl (C=O) groups excluding carboxylic acids is 3. The van der Waals surface area contributed by atoms with Crippen molar-refractivity contribution in [3.8, 4) is 0 Å². The first kappa shape index (κ1) is 31.4. The minimum atomic E-state index is -4.69. The Morgan fingerprint density at radius 2 is 1.60 bits per heavy atom. The molecule has 0 aliphatic rings. The van der Waals surface area contributed by atoms with Gasteiger partial charge in [-0.05, 0) is 67.1 Å². The maximum atomic E-state index is 13.4. The van der Waals surface area contributed by atoms with Gasteiger partial charge < -0.3 is 16.0 Å². The topological polar surface area (TPSA) is 87.3 Å². The van der Waals surface area contributed by atoms with E-state index in [0.29, 0.717) is 21.7 Å². The van der Waals surface area contributed by atoms with Crippen LogP contribution in [0.1, 0.15) is 27.0 Å². The van der Waals surface area contributed by atoms with Crippen molar-refractivity contribution in [1.82, 2.24) is 5.32 Å². The Morgan fingerprint density at radius 3 is 2.33 bits per heavy atom. The van der Waals surface area contributed by atoms with E-state index in [1.165, 1.54) is 6.07 Å². The van der Waals surface area contributed by atoms with Crippen molar-refractivity contribution < 1.29 is 27.6 Å². The number of aryl methyl sites for hydroxylation is 1. The number of thioether (sulfide) groups is 1. The van der Waals surface area contributed by atoms with Crippen LogP contribution >= 0.6 is 23.4 Å². The fourth-order valence-electron chi connectivity index (χ4n) is 3.93. The Balaban J connectivity index is 1.45. The van der Waals surface area contributed by atoms with E-state index in [1.54, 1.807) is 66.7 Å². The molecule has 220 valence electrons. The smallest absolute Gasteiger partial charge is 0.325 e. The van der Waals surface area contributed by atoms with Gasteiger partial charge in [-0.3, -0.25) is 14.4 Å². The van der Waals surface area contributed by atoms with Crippen LogP contribution in [0.25, 0.3) is 6.08 Å². The maximum absolute atomic E-state index is 13.4. The van der Waals surface area contributed by atoms with Gasteiger partial charge in [0.1, 0.15) is 5.70 Å². The van der Waals surface area contributed by atoms with Crippen LogP contribution in [0.15, 0.2) is 108 Å². The second-order valence-electron chi connectivity index (χ2n) is 9.30. The normalized spacial score (nSPS) is 11.5. The molecule has 3 N–H and O–H groups in total. The number of rotatable bonds is 9. The number of benzene rings is 4. The minimum Gasteiger partial charge on any atom is -0.325 e. The summed E-state index contributed by atoms with van der Waals surface area (Å²) in [6, 6.07) is 25.6. The third kappa shape index (κ3) is 9.22. The first-order valence-electron chi connectivity index (χ1n) is 12.8. The molecule has 0 bridgehead atoms. The van der Waals surface area contributed by atoms with Crippen LogP contribution in [0, 0.1) is 6.92 Å². The van der Waals surface area contributed by atoms with E-state index in [2.05, 4.69) is 16.0 Å². The zero-order valence-electron chi connectivity index (χ0n) is 22.7. The number of halogens is 4. The quantitative estimate of drug-likeness (QED) is 0.131. The molecule has 6 nitrogen and oxygen atoms in total. The summed E-state index contributed by atoms with van der Waals surface area (Å²) in [6.07, 6.45) is -3.13. The van der Waals surface area contributed by atoms with E-state index in [0.717, 1.165) is 29.5 Å². The molecule has 0 aliphatic heterocycles. The predicted octanol–water partition coefficient (Wildman–Crippen LogP) is 7.81. The van der Waals surface area contributed by atoms with Crippen LogP contribution in [0.4, 0.5) is 24.5 Å². The monoisotopic (exact) mass is 623 g/mol. The largest absolute Gasteiger partial charge is 0.418 e. The van der Waals surface area contributed by atoms with Gasteiger partial charge in [0.2, 0.25) is 5.91 Å². The molecular formula is C32H25ClF3N3O3S. The SMILES string of the molecule is Cc1cccc(/C=C(/NC(=O)c2ccccc2)C(=O)Nc2cccc(SCC(=O)Nc3ccc(Cl)cc3C(F)(F)F)c2)c1. The number of carbonyl (C=O) groups is 3. The number of anilines is 2. The second kappa shape index (κ2) is 14.1. The zero-order valence-corrected chi connectivity index (χ0v) is 24.2. The van der Waals surface area contributed by atoms with Gasteiger partial charge in [-0.2, -0.15) is 13.2 Å². The fraction of sp³-hybridized carbons (Fsp3) is 0.0938. The molecule has 0 atom stereocenters. The van der Waals surface area contributed by atoms with Crippen LogP contribution < -0.4 is 16.0 Å². The van der Waals surface area contributed by atoms with Gasteiger partial charge >= 0.3 is 6.18 Å². The van der Waals surface area contributed by atoms with Gasteiger partial charge in [0.15, 0.2) is 0 Å². The van der Waals surface area contributed by atoms with Crippen LogP contribution in [-0.4, -0.2) is 23.5 Å². The molecule has 0 aliphatic carbocycles. The highest BCUT2D eigenvalue weighted by molar-refractivity contribution is 8.00. The van der Waals surface area contributed by atoms with Crippen molar-refractivity contribution in [3.63, 3.8) is 0 Å². The third-order valence-corrected chi connectivity index (χ3v) is 7.13. The van der Waals surface area contributed by atoms with Gasteiger partial charge in [0.25, 0.3) is 11.8 Å². The Hall–Kier alpha value is -4.54.